The van der Waals surface area contributed by atoms with Crippen LogP contribution < -0.4 is 10.6 Å². The molecule has 10 heteroatoms. The van der Waals surface area contributed by atoms with E-state index < -0.39 is 11.7 Å². The highest BCUT2D eigenvalue weighted by Gasteiger charge is 2.40. The largest absolute Gasteiger partial charge is 0.351 e. The number of nitrogens with zero attached hydrogens (tertiary/aromatic N) is 3. The van der Waals surface area contributed by atoms with Crippen molar-refractivity contribution in [1.82, 2.24) is 25.3 Å². The van der Waals surface area contributed by atoms with E-state index in [4.69, 9.17) is 19.4 Å². The first-order valence-corrected chi connectivity index (χ1v) is 13.5. The Bertz CT molecular complexity index is 1650. The minimum Gasteiger partial charge on any atom is -0.351 e. The Morgan fingerprint density at radius 1 is 0.952 bits per heavy atom. The topological polar surface area (TPSA) is 114 Å². The zero-order chi connectivity index (χ0) is 28.9. The first kappa shape index (κ1) is 27.3. The number of amides is 1. The molecule has 3 N–H and O–H groups in total. The van der Waals surface area contributed by atoms with Gasteiger partial charge in [0.05, 0.1) is 35.7 Å². The van der Waals surface area contributed by atoms with Gasteiger partial charge in [0.15, 0.2) is 5.82 Å². The molecular formula is C32H29FN6O3. The standard InChI is InChI=1S/C32H29FN6O3/c1-32(30(40)35-18-21-8-4-2-5-9-21)19-41-29(42-20-32)28-38-26(22-12-14-23(33)15-13-22)27(39-28)25-16-17-34-31(37-25)36-24-10-6-3-7-11-24/h2-17,29H,18-20H2,1H3,(H,35,40)(H,38,39)(H,34,36,37). The number of anilines is 2. The van der Waals surface area contributed by atoms with Crippen LogP contribution in [0.1, 0.15) is 24.6 Å². The van der Waals surface area contributed by atoms with Crippen molar-refractivity contribution in [3.63, 3.8) is 0 Å². The van der Waals surface area contributed by atoms with E-state index in [2.05, 4.69) is 20.6 Å². The normalized spacial score (nSPS) is 18.4. The summed E-state index contributed by atoms with van der Waals surface area (Å²) in [5, 5.41) is 6.17. The summed E-state index contributed by atoms with van der Waals surface area (Å²) in [6.07, 6.45) is 0.812. The van der Waals surface area contributed by atoms with Gasteiger partial charge in [-0.05, 0) is 55.0 Å². The summed E-state index contributed by atoms with van der Waals surface area (Å²) in [5.74, 6) is 0.308. The third-order valence-electron chi connectivity index (χ3n) is 6.96. The van der Waals surface area contributed by atoms with Crippen molar-refractivity contribution >= 4 is 17.5 Å². The van der Waals surface area contributed by atoms with Crippen molar-refractivity contribution in [3.8, 4) is 22.6 Å². The van der Waals surface area contributed by atoms with Crippen LogP contribution in [0, 0.1) is 11.2 Å². The summed E-state index contributed by atoms with van der Waals surface area (Å²) in [4.78, 5) is 30.1. The van der Waals surface area contributed by atoms with Gasteiger partial charge >= 0.3 is 0 Å². The zero-order valence-electron chi connectivity index (χ0n) is 22.9. The van der Waals surface area contributed by atoms with Crippen molar-refractivity contribution < 1.29 is 18.7 Å². The maximum absolute atomic E-state index is 13.7. The van der Waals surface area contributed by atoms with Crippen LogP contribution in [0.3, 0.4) is 0 Å². The monoisotopic (exact) mass is 564 g/mol. The average Bonchev–Trinajstić information content (AvgIpc) is 3.47. The fraction of sp³-hybridized carbons (Fsp3) is 0.188. The van der Waals surface area contributed by atoms with Crippen LogP contribution in [0.5, 0.6) is 0 Å². The molecule has 0 radical (unpaired) electrons. The van der Waals surface area contributed by atoms with Crippen LogP contribution in [-0.2, 0) is 20.8 Å². The van der Waals surface area contributed by atoms with Crippen LogP contribution in [-0.4, -0.2) is 39.1 Å². The first-order valence-electron chi connectivity index (χ1n) is 13.5. The van der Waals surface area contributed by atoms with Crippen molar-refractivity contribution in [1.29, 1.82) is 0 Å². The van der Waals surface area contributed by atoms with Gasteiger partial charge in [0.1, 0.15) is 5.82 Å². The molecule has 3 aromatic carbocycles. The van der Waals surface area contributed by atoms with Gasteiger partial charge in [-0.25, -0.2) is 19.3 Å². The smallest absolute Gasteiger partial charge is 0.230 e. The second-order valence-corrected chi connectivity index (χ2v) is 10.3. The molecule has 212 valence electrons. The van der Waals surface area contributed by atoms with Crippen LogP contribution in [0.15, 0.2) is 97.2 Å². The molecule has 0 aliphatic carbocycles. The number of rotatable bonds is 8. The van der Waals surface area contributed by atoms with E-state index in [0.717, 1.165) is 11.3 Å². The van der Waals surface area contributed by atoms with Gasteiger partial charge in [-0.3, -0.25) is 4.79 Å². The van der Waals surface area contributed by atoms with E-state index >= 15 is 0 Å². The molecule has 2 aromatic heterocycles. The molecule has 0 saturated carbocycles. The number of aromatic nitrogens is 4. The molecule has 9 nitrogen and oxygen atoms in total. The van der Waals surface area contributed by atoms with E-state index in [0.29, 0.717) is 41.0 Å². The van der Waals surface area contributed by atoms with Gasteiger partial charge in [0, 0.05) is 24.0 Å². The lowest BCUT2D eigenvalue weighted by molar-refractivity contribution is -0.231. The second kappa shape index (κ2) is 11.9. The van der Waals surface area contributed by atoms with Crippen molar-refractivity contribution in [2.75, 3.05) is 18.5 Å². The molecule has 6 rings (SSSR count). The van der Waals surface area contributed by atoms with Crippen molar-refractivity contribution in [2.24, 2.45) is 5.41 Å². The molecule has 42 heavy (non-hydrogen) atoms. The number of benzene rings is 3. The maximum Gasteiger partial charge on any atom is 0.230 e. The number of ether oxygens (including phenoxy) is 2. The Hall–Kier alpha value is -4.93. The molecule has 0 unspecified atom stereocenters. The molecule has 1 aliphatic rings. The quantitative estimate of drug-likeness (QED) is 0.219. The third-order valence-corrected chi connectivity index (χ3v) is 6.96. The van der Waals surface area contributed by atoms with Gasteiger partial charge < -0.3 is 25.1 Å². The van der Waals surface area contributed by atoms with E-state index in [9.17, 15) is 9.18 Å². The minimum absolute atomic E-state index is 0.138. The summed E-state index contributed by atoms with van der Waals surface area (Å²) >= 11 is 0. The number of halogens is 1. The molecular weight excluding hydrogens is 535 g/mol. The van der Waals surface area contributed by atoms with Crippen LogP contribution in [0.2, 0.25) is 0 Å². The number of H-pyrrole nitrogens is 1. The first-order chi connectivity index (χ1) is 20.5. The Morgan fingerprint density at radius 3 is 2.36 bits per heavy atom. The second-order valence-electron chi connectivity index (χ2n) is 10.3. The van der Waals surface area contributed by atoms with E-state index in [-0.39, 0.29) is 24.9 Å². The van der Waals surface area contributed by atoms with Crippen LogP contribution >= 0.6 is 0 Å². The lowest BCUT2D eigenvalue weighted by Gasteiger charge is -2.35. The highest BCUT2D eigenvalue weighted by molar-refractivity contribution is 5.82. The van der Waals surface area contributed by atoms with Gasteiger partial charge in [-0.2, -0.15) is 0 Å². The number of hydrogen-bond acceptors (Lipinski definition) is 7. The zero-order valence-corrected chi connectivity index (χ0v) is 22.9. The van der Waals surface area contributed by atoms with E-state index in [1.165, 1.54) is 12.1 Å². The highest BCUT2D eigenvalue weighted by Crippen LogP contribution is 2.35. The average molecular weight is 565 g/mol. The molecule has 1 aliphatic heterocycles. The molecule has 3 heterocycles. The van der Waals surface area contributed by atoms with Gasteiger partial charge in [-0.1, -0.05) is 48.5 Å². The minimum atomic E-state index is -0.870. The Balaban J connectivity index is 1.23. The number of nitrogens with one attached hydrogen (secondary N) is 3. The SMILES string of the molecule is CC1(C(=O)NCc2ccccc2)COC(c2nc(-c3ccc(F)cc3)c(-c3ccnc(Nc4ccccc4)n3)[nH]2)OC1. The molecule has 0 spiro atoms. The summed E-state index contributed by atoms with van der Waals surface area (Å²) in [5.41, 5.74) is 3.39. The number of imidazole rings is 1. The molecule has 1 fully saturated rings. The van der Waals surface area contributed by atoms with Gasteiger partial charge in [-0.15, -0.1) is 0 Å². The summed E-state index contributed by atoms with van der Waals surface area (Å²) in [6.45, 7) is 2.50. The van der Waals surface area contributed by atoms with E-state index in [1.807, 2.05) is 67.6 Å². The lowest BCUT2D eigenvalue weighted by atomic mass is 9.91. The number of para-hydroxylation sites is 1. The summed E-state index contributed by atoms with van der Waals surface area (Å²) in [6, 6.07) is 27.1. The fourth-order valence-corrected chi connectivity index (χ4v) is 4.60. The molecule has 1 saturated heterocycles. The Labute approximate surface area is 242 Å². The van der Waals surface area contributed by atoms with Crippen LogP contribution in [0.4, 0.5) is 16.0 Å². The fourth-order valence-electron chi connectivity index (χ4n) is 4.60. The summed E-state index contributed by atoms with van der Waals surface area (Å²) < 4.78 is 25.8. The van der Waals surface area contributed by atoms with Crippen LogP contribution in [0.25, 0.3) is 22.6 Å². The number of aromatic amines is 1. The molecule has 1 amide bonds. The highest BCUT2D eigenvalue weighted by atomic mass is 19.1. The lowest BCUT2D eigenvalue weighted by Crippen LogP contribution is -2.48. The number of carbonyl (C=O) groups excluding carboxylic acids is 1. The molecule has 0 atom stereocenters. The maximum atomic E-state index is 13.7. The predicted molar refractivity (Wildman–Crippen MR) is 156 cm³/mol. The Kier molecular flexibility index (Phi) is 7.72. The molecule has 0 bridgehead atoms. The van der Waals surface area contributed by atoms with Crippen molar-refractivity contribution in [3.05, 3.63) is 114 Å². The van der Waals surface area contributed by atoms with Gasteiger partial charge in [0.2, 0.25) is 18.1 Å². The van der Waals surface area contributed by atoms with Crippen molar-refractivity contribution in [2.45, 2.75) is 19.8 Å². The predicted octanol–water partition coefficient (Wildman–Crippen LogP) is 5.78. The number of hydrogen-bond donors (Lipinski definition) is 3. The summed E-state index contributed by atoms with van der Waals surface area (Å²) in [7, 11) is 0. The number of carbonyl (C=O) groups is 1. The third kappa shape index (κ3) is 6.04. The Morgan fingerprint density at radius 2 is 1.64 bits per heavy atom. The van der Waals surface area contributed by atoms with E-state index in [1.54, 1.807) is 24.4 Å². The molecule has 5 aromatic rings. The van der Waals surface area contributed by atoms with Gasteiger partial charge in [0.25, 0.3) is 0 Å².